The van der Waals surface area contributed by atoms with Gasteiger partial charge in [0.25, 0.3) is 0 Å². The number of aryl methyl sites for hydroxylation is 3. The van der Waals surface area contributed by atoms with Crippen molar-refractivity contribution in [1.29, 1.82) is 0 Å². The fourth-order valence-corrected chi connectivity index (χ4v) is 2.14. The standard InChI is InChI=1S/C17H19NO3/c1-10-5-6-15(11(2)7-10)21-13-8-12(3)16(18)14(9-13)17(19)20-4/h5-9H,18H2,1-4H3. The molecule has 0 saturated heterocycles. The van der Waals surface area contributed by atoms with Crippen LogP contribution in [0.5, 0.6) is 11.5 Å². The van der Waals surface area contributed by atoms with Crippen LogP contribution in [0.4, 0.5) is 5.69 Å². The smallest absolute Gasteiger partial charge is 0.340 e. The summed E-state index contributed by atoms with van der Waals surface area (Å²) in [5.41, 5.74) is 9.62. The Morgan fingerprint density at radius 3 is 2.38 bits per heavy atom. The fourth-order valence-electron chi connectivity index (χ4n) is 2.14. The number of benzene rings is 2. The van der Waals surface area contributed by atoms with Crippen LogP contribution in [0.2, 0.25) is 0 Å². The van der Waals surface area contributed by atoms with Crippen LogP contribution < -0.4 is 10.5 Å². The third kappa shape index (κ3) is 3.16. The first-order valence-corrected chi connectivity index (χ1v) is 6.66. The molecule has 0 heterocycles. The number of methoxy groups -OCH3 is 1. The Morgan fingerprint density at radius 2 is 1.76 bits per heavy atom. The Balaban J connectivity index is 2.40. The molecule has 2 aromatic rings. The van der Waals surface area contributed by atoms with E-state index in [4.69, 9.17) is 15.2 Å². The van der Waals surface area contributed by atoms with Crippen LogP contribution in [0.15, 0.2) is 30.3 Å². The Hall–Kier alpha value is -2.49. The van der Waals surface area contributed by atoms with Crippen molar-refractivity contribution >= 4 is 11.7 Å². The minimum atomic E-state index is -0.471. The second kappa shape index (κ2) is 5.87. The van der Waals surface area contributed by atoms with Crippen molar-refractivity contribution in [1.82, 2.24) is 0 Å². The second-order valence-corrected chi connectivity index (χ2v) is 5.06. The van der Waals surface area contributed by atoms with E-state index in [0.29, 0.717) is 17.0 Å². The molecule has 0 aliphatic carbocycles. The highest BCUT2D eigenvalue weighted by molar-refractivity contribution is 5.96. The number of hydrogen-bond acceptors (Lipinski definition) is 4. The van der Waals surface area contributed by atoms with Crippen molar-refractivity contribution in [2.75, 3.05) is 12.8 Å². The van der Waals surface area contributed by atoms with Gasteiger partial charge in [0.1, 0.15) is 11.5 Å². The van der Waals surface area contributed by atoms with E-state index in [1.807, 2.05) is 39.0 Å². The van der Waals surface area contributed by atoms with Gasteiger partial charge >= 0.3 is 5.97 Å². The molecule has 0 saturated carbocycles. The summed E-state index contributed by atoms with van der Waals surface area (Å²) in [6.45, 7) is 5.84. The molecule has 2 rings (SSSR count). The highest BCUT2D eigenvalue weighted by Crippen LogP contribution is 2.30. The van der Waals surface area contributed by atoms with Gasteiger partial charge in [0.15, 0.2) is 0 Å². The molecule has 2 aromatic carbocycles. The van der Waals surface area contributed by atoms with E-state index >= 15 is 0 Å². The van der Waals surface area contributed by atoms with Crippen LogP contribution in [-0.2, 0) is 4.74 Å². The molecule has 0 aliphatic rings. The van der Waals surface area contributed by atoms with Gasteiger partial charge in [-0.3, -0.25) is 0 Å². The monoisotopic (exact) mass is 285 g/mol. The minimum Gasteiger partial charge on any atom is -0.465 e. The third-order valence-corrected chi connectivity index (χ3v) is 3.32. The van der Waals surface area contributed by atoms with Gasteiger partial charge in [-0.25, -0.2) is 4.79 Å². The Bertz CT molecular complexity index is 693. The molecule has 0 atom stereocenters. The molecule has 110 valence electrons. The predicted octanol–water partition coefficient (Wildman–Crippen LogP) is 3.77. The van der Waals surface area contributed by atoms with Gasteiger partial charge in [-0.05, 0) is 50.1 Å². The third-order valence-electron chi connectivity index (χ3n) is 3.32. The van der Waals surface area contributed by atoms with E-state index in [1.165, 1.54) is 12.7 Å². The zero-order chi connectivity index (χ0) is 15.6. The number of carbonyl (C=O) groups is 1. The molecule has 4 heteroatoms. The fraction of sp³-hybridized carbons (Fsp3) is 0.235. The van der Waals surface area contributed by atoms with Gasteiger partial charge in [-0.15, -0.1) is 0 Å². The van der Waals surface area contributed by atoms with Crippen molar-refractivity contribution in [3.8, 4) is 11.5 Å². The lowest BCUT2D eigenvalue weighted by molar-refractivity contribution is 0.0601. The Morgan fingerprint density at radius 1 is 1.05 bits per heavy atom. The lowest BCUT2D eigenvalue weighted by Crippen LogP contribution is -2.07. The normalized spacial score (nSPS) is 10.3. The maximum absolute atomic E-state index is 11.7. The first kappa shape index (κ1) is 14.9. The van der Waals surface area contributed by atoms with E-state index in [-0.39, 0.29) is 0 Å². The number of anilines is 1. The molecule has 4 nitrogen and oxygen atoms in total. The first-order valence-electron chi connectivity index (χ1n) is 6.66. The van der Waals surface area contributed by atoms with Gasteiger partial charge in [0, 0.05) is 5.69 Å². The maximum atomic E-state index is 11.7. The summed E-state index contributed by atoms with van der Waals surface area (Å²) in [4.78, 5) is 11.7. The minimum absolute atomic E-state index is 0.317. The number of ether oxygens (including phenoxy) is 2. The number of esters is 1. The summed E-state index contributed by atoms with van der Waals surface area (Å²) in [5.74, 6) is 0.844. The summed E-state index contributed by atoms with van der Waals surface area (Å²) in [7, 11) is 1.33. The van der Waals surface area contributed by atoms with E-state index in [1.54, 1.807) is 12.1 Å². The number of nitrogens with two attached hydrogens (primary N) is 1. The molecular weight excluding hydrogens is 266 g/mol. The highest BCUT2D eigenvalue weighted by Gasteiger charge is 2.14. The quantitative estimate of drug-likeness (QED) is 0.688. The molecule has 0 bridgehead atoms. The molecule has 0 fully saturated rings. The molecule has 0 aliphatic heterocycles. The van der Waals surface area contributed by atoms with Crippen molar-refractivity contribution in [3.63, 3.8) is 0 Å². The zero-order valence-electron chi connectivity index (χ0n) is 12.7. The molecule has 0 unspecified atom stereocenters. The SMILES string of the molecule is COC(=O)c1cc(Oc2ccc(C)cc2C)cc(C)c1N. The van der Waals surface area contributed by atoms with Crippen molar-refractivity contribution in [2.45, 2.75) is 20.8 Å². The summed E-state index contributed by atoms with van der Waals surface area (Å²) < 4.78 is 10.6. The largest absolute Gasteiger partial charge is 0.465 e. The number of carbonyl (C=O) groups excluding carboxylic acids is 1. The van der Waals surface area contributed by atoms with Gasteiger partial charge in [0.2, 0.25) is 0 Å². The van der Waals surface area contributed by atoms with Gasteiger partial charge in [0.05, 0.1) is 12.7 Å². The van der Waals surface area contributed by atoms with Gasteiger partial charge < -0.3 is 15.2 Å². The number of nitrogen functional groups attached to an aromatic ring is 1. The van der Waals surface area contributed by atoms with Crippen LogP contribution in [0, 0.1) is 20.8 Å². The molecule has 2 N–H and O–H groups in total. The highest BCUT2D eigenvalue weighted by atomic mass is 16.5. The van der Waals surface area contributed by atoms with Crippen LogP contribution in [0.1, 0.15) is 27.0 Å². The van der Waals surface area contributed by atoms with Crippen LogP contribution in [0.25, 0.3) is 0 Å². The Labute approximate surface area is 124 Å². The van der Waals surface area contributed by atoms with Crippen LogP contribution in [0.3, 0.4) is 0 Å². The van der Waals surface area contributed by atoms with Crippen LogP contribution in [-0.4, -0.2) is 13.1 Å². The van der Waals surface area contributed by atoms with E-state index in [2.05, 4.69) is 0 Å². The maximum Gasteiger partial charge on any atom is 0.340 e. The Kier molecular flexibility index (Phi) is 4.17. The molecule has 0 radical (unpaired) electrons. The lowest BCUT2D eigenvalue weighted by atomic mass is 10.1. The zero-order valence-corrected chi connectivity index (χ0v) is 12.7. The summed E-state index contributed by atoms with van der Waals surface area (Å²) in [6.07, 6.45) is 0. The van der Waals surface area contributed by atoms with Crippen molar-refractivity contribution in [3.05, 3.63) is 52.6 Å². The summed E-state index contributed by atoms with van der Waals surface area (Å²) in [5, 5.41) is 0. The van der Waals surface area contributed by atoms with Gasteiger partial charge in [-0.1, -0.05) is 17.7 Å². The van der Waals surface area contributed by atoms with E-state index in [9.17, 15) is 4.79 Å². The van der Waals surface area contributed by atoms with E-state index in [0.717, 1.165) is 16.9 Å². The summed E-state index contributed by atoms with van der Waals surface area (Å²) in [6, 6.07) is 9.34. The number of rotatable bonds is 3. The van der Waals surface area contributed by atoms with E-state index < -0.39 is 5.97 Å². The average Bonchev–Trinajstić information content (AvgIpc) is 2.44. The topological polar surface area (TPSA) is 61.5 Å². The van der Waals surface area contributed by atoms with Gasteiger partial charge in [-0.2, -0.15) is 0 Å². The van der Waals surface area contributed by atoms with Crippen molar-refractivity contribution < 1.29 is 14.3 Å². The second-order valence-electron chi connectivity index (χ2n) is 5.06. The number of hydrogen-bond donors (Lipinski definition) is 1. The molecule has 0 amide bonds. The lowest BCUT2D eigenvalue weighted by Gasteiger charge is -2.13. The molecular formula is C17H19NO3. The predicted molar refractivity (Wildman–Crippen MR) is 82.9 cm³/mol. The summed E-state index contributed by atoms with van der Waals surface area (Å²) >= 11 is 0. The molecule has 21 heavy (non-hydrogen) atoms. The molecule has 0 aromatic heterocycles. The molecule has 0 spiro atoms. The first-order chi connectivity index (χ1) is 9.92. The van der Waals surface area contributed by atoms with Crippen LogP contribution >= 0.6 is 0 Å². The average molecular weight is 285 g/mol. The van der Waals surface area contributed by atoms with Crippen molar-refractivity contribution in [2.24, 2.45) is 0 Å².